The second-order valence-corrected chi connectivity index (χ2v) is 7.21. The van der Waals surface area contributed by atoms with E-state index in [2.05, 4.69) is 53.4 Å². The van der Waals surface area contributed by atoms with Gasteiger partial charge in [0, 0.05) is 50.5 Å². The second kappa shape index (κ2) is 9.11. The van der Waals surface area contributed by atoms with Gasteiger partial charge < -0.3 is 24.6 Å². The maximum absolute atomic E-state index is 5.35. The third-order valence-corrected chi connectivity index (χ3v) is 5.29. The number of piperazine rings is 1. The molecule has 1 saturated heterocycles. The Hall–Kier alpha value is -2.24. The molecule has 1 heterocycles. The Balaban J connectivity index is 1.59. The summed E-state index contributed by atoms with van der Waals surface area (Å²) in [4.78, 5) is 4.84. The standard InChI is InChI=1S/C22H31N3O2/c1-17(23-16-18-13-21(26-3)15-22(14-18)27-4)19-5-7-20(8-6-19)25-11-9-24(2)10-12-25/h5-8,13-15,17,23H,9-12,16H2,1-4H3/t17-/m0/s1. The number of nitrogens with one attached hydrogen (secondary N) is 1. The Morgan fingerprint density at radius 1 is 0.926 bits per heavy atom. The summed E-state index contributed by atoms with van der Waals surface area (Å²) >= 11 is 0. The van der Waals surface area contributed by atoms with E-state index in [0.717, 1.165) is 49.8 Å². The fourth-order valence-corrected chi connectivity index (χ4v) is 3.40. The number of anilines is 1. The molecule has 1 aliphatic heterocycles. The van der Waals surface area contributed by atoms with E-state index < -0.39 is 0 Å². The lowest BCUT2D eigenvalue weighted by atomic mass is 10.1. The zero-order chi connectivity index (χ0) is 19.2. The van der Waals surface area contributed by atoms with Crippen molar-refractivity contribution in [2.75, 3.05) is 52.3 Å². The van der Waals surface area contributed by atoms with Crippen molar-refractivity contribution in [1.29, 1.82) is 0 Å². The molecule has 146 valence electrons. The maximum atomic E-state index is 5.35. The summed E-state index contributed by atoms with van der Waals surface area (Å²) in [6.07, 6.45) is 0. The van der Waals surface area contributed by atoms with Gasteiger partial charge in [-0.2, -0.15) is 0 Å². The third-order valence-electron chi connectivity index (χ3n) is 5.29. The van der Waals surface area contributed by atoms with Crippen molar-refractivity contribution in [2.45, 2.75) is 19.5 Å². The van der Waals surface area contributed by atoms with Crippen molar-refractivity contribution in [3.8, 4) is 11.5 Å². The van der Waals surface area contributed by atoms with Crippen LogP contribution in [0.4, 0.5) is 5.69 Å². The smallest absolute Gasteiger partial charge is 0.122 e. The maximum Gasteiger partial charge on any atom is 0.122 e. The van der Waals surface area contributed by atoms with E-state index in [9.17, 15) is 0 Å². The Bertz CT molecular complexity index is 703. The summed E-state index contributed by atoms with van der Waals surface area (Å²) in [6.45, 7) is 7.41. The van der Waals surface area contributed by atoms with Crippen LogP contribution in [0.1, 0.15) is 24.1 Å². The fraction of sp³-hybridized carbons (Fsp3) is 0.455. The lowest BCUT2D eigenvalue weighted by Crippen LogP contribution is -2.44. The molecule has 0 aliphatic carbocycles. The largest absolute Gasteiger partial charge is 0.497 e. The second-order valence-electron chi connectivity index (χ2n) is 7.21. The highest BCUT2D eigenvalue weighted by molar-refractivity contribution is 5.48. The van der Waals surface area contributed by atoms with Crippen LogP contribution in [-0.2, 0) is 6.54 Å². The minimum Gasteiger partial charge on any atom is -0.497 e. The van der Waals surface area contributed by atoms with Crippen LogP contribution >= 0.6 is 0 Å². The lowest BCUT2D eigenvalue weighted by molar-refractivity contribution is 0.313. The molecule has 1 atom stereocenters. The van der Waals surface area contributed by atoms with Gasteiger partial charge in [-0.1, -0.05) is 12.1 Å². The van der Waals surface area contributed by atoms with Crippen LogP contribution in [0.3, 0.4) is 0 Å². The first-order valence-corrected chi connectivity index (χ1v) is 9.58. The summed E-state index contributed by atoms with van der Waals surface area (Å²) in [6, 6.07) is 15.2. The molecule has 3 rings (SSSR count). The van der Waals surface area contributed by atoms with Crippen molar-refractivity contribution < 1.29 is 9.47 Å². The third kappa shape index (κ3) is 5.15. The number of hydrogen-bond acceptors (Lipinski definition) is 5. The minimum atomic E-state index is 0.267. The van der Waals surface area contributed by atoms with Crippen LogP contribution in [-0.4, -0.2) is 52.3 Å². The number of ether oxygens (including phenoxy) is 2. The Morgan fingerprint density at radius 2 is 1.52 bits per heavy atom. The molecule has 0 radical (unpaired) electrons. The summed E-state index contributed by atoms with van der Waals surface area (Å²) in [5.41, 5.74) is 3.76. The molecule has 0 amide bonds. The summed E-state index contributed by atoms with van der Waals surface area (Å²) in [7, 11) is 5.54. The highest BCUT2D eigenvalue weighted by Crippen LogP contribution is 2.24. The normalized spacial score (nSPS) is 16.2. The first-order chi connectivity index (χ1) is 13.1. The first kappa shape index (κ1) is 19.5. The molecule has 1 N–H and O–H groups in total. The van der Waals surface area contributed by atoms with Gasteiger partial charge in [0.2, 0.25) is 0 Å². The Labute approximate surface area is 162 Å². The number of hydrogen-bond donors (Lipinski definition) is 1. The Kier molecular flexibility index (Phi) is 6.58. The van der Waals surface area contributed by atoms with Gasteiger partial charge in [-0.15, -0.1) is 0 Å². The van der Waals surface area contributed by atoms with Crippen molar-refractivity contribution in [3.63, 3.8) is 0 Å². The van der Waals surface area contributed by atoms with E-state index in [0.29, 0.717) is 0 Å². The van der Waals surface area contributed by atoms with Crippen LogP contribution in [0.15, 0.2) is 42.5 Å². The molecule has 1 aliphatic rings. The molecular formula is C22H31N3O2. The number of benzene rings is 2. The Morgan fingerprint density at radius 3 is 2.07 bits per heavy atom. The average molecular weight is 370 g/mol. The molecule has 2 aromatic rings. The molecule has 0 spiro atoms. The van der Waals surface area contributed by atoms with E-state index in [4.69, 9.17) is 9.47 Å². The van der Waals surface area contributed by atoms with Crippen LogP contribution in [0.2, 0.25) is 0 Å². The fourth-order valence-electron chi connectivity index (χ4n) is 3.40. The van der Waals surface area contributed by atoms with Gasteiger partial charge in [0.05, 0.1) is 14.2 Å². The molecule has 5 heteroatoms. The molecular weight excluding hydrogens is 338 g/mol. The van der Waals surface area contributed by atoms with Crippen LogP contribution in [0, 0.1) is 0 Å². The molecule has 0 unspecified atom stereocenters. The molecule has 0 aromatic heterocycles. The summed E-state index contributed by atoms with van der Waals surface area (Å²) < 4.78 is 10.7. The molecule has 1 fully saturated rings. The van der Waals surface area contributed by atoms with E-state index in [1.165, 1.54) is 11.3 Å². The van der Waals surface area contributed by atoms with Crippen molar-refractivity contribution >= 4 is 5.69 Å². The van der Waals surface area contributed by atoms with Gasteiger partial charge in [-0.3, -0.25) is 0 Å². The zero-order valence-corrected chi connectivity index (χ0v) is 16.9. The van der Waals surface area contributed by atoms with Gasteiger partial charge in [0.1, 0.15) is 11.5 Å². The first-order valence-electron chi connectivity index (χ1n) is 9.58. The van der Waals surface area contributed by atoms with Crippen LogP contribution in [0.25, 0.3) is 0 Å². The van der Waals surface area contributed by atoms with Gasteiger partial charge in [0.25, 0.3) is 0 Å². The number of methoxy groups -OCH3 is 2. The molecule has 2 aromatic carbocycles. The molecule has 5 nitrogen and oxygen atoms in total. The number of likely N-dealkylation sites (N-methyl/N-ethyl adjacent to an activating group) is 1. The van der Waals surface area contributed by atoms with Crippen LogP contribution < -0.4 is 19.7 Å². The predicted octanol–water partition coefficient (Wildman–Crippen LogP) is 3.31. The van der Waals surface area contributed by atoms with Crippen molar-refractivity contribution in [1.82, 2.24) is 10.2 Å². The van der Waals surface area contributed by atoms with E-state index >= 15 is 0 Å². The highest BCUT2D eigenvalue weighted by Gasteiger charge is 2.14. The van der Waals surface area contributed by atoms with E-state index in [1.807, 2.05) is 18.2 Å². The highest BCUT2D eigenvalue weighted by atomic mass is 16.5. The van der Waals surface area contributed by atoms with Gasteiger partial charge in [0.15, 0.2) is 0 Å². The zero-order valence-electron chi connectivity index (χ0n) is 16.9. The lowest BCUT2D eigenvalue weighted by Gasteiger charge is -2.34. The molecule has 0 bridgehead atoms. The molecule has 27 heavy (non-hydrogen) atoms. The quantitative estimate of drug-likeness (QED) is 0.810. The van der Waals surface area contributed by atoms with E-state index in [1.54, 1.807) is 14.2 Å². The monoisotopic (exact) mass is 369 g/mol. The van der Waals surface area contributed by atoms with E-state index in [-0.39, 0.29) is 6.04 Å². The van der Waals surface area contributed by atoms with Crippen molar-refractivity contribution in [2.24, 2.45) is 0 Å². The SMILES string of the molecule is COc1cc(CN[C@@H](C)c2ccc(N3CCN(C)CC3)cc2)cc(OC)c1. The average Bonchev–Trinajstić information content (AvgIpc) is 2.72. The predicted molar refractivity (Wildman–Crippen MR) is 111 cm³/mol. The summed E-state index contributed by atoms with van der Waals surface area (Å²) in [5, 5.41) is 3.59. The van der Waals surface area contributed by atoms with Gasteiger partial charge >= 0.3 is 0 Å². The van der Waals surface area contributed by atoms with Gasteiger partial charge in [-0.25, -0.2) is 0 Å². The number of rotatable bonds is 7. The minimum absolute atomic E-state index is 0.267. The molecule has 0 saturated carbocycles. The van der Waals surface area contributed by atoms with Crippen LogP contribution in [0.5, 0.6) is 11.5 Å². The number of nitrogens with zero attached hydrogens (tertiary/aromatic N) is 2. The van der Waals surface area contributed by atoms with Gasteiger partial charge in [-0.05, 0) is 49.4 Å². The van der Waals surface area contributed by atoms with Crippen molar-refractivity contribution in [3.05, 3.63) is 53.6 Å². The summed E-state index contributed by atoms with van der Waals surface area (Å²) in [5.74, 6) is 1.63. The topological polar surface area (TPSA) is 37.0 Å².